The van der Waals surface area contributed by atoms with Gasteiger partial charge in [-0.3, -0.25) is 0 Å². The highest BCUT2D eigenvalue weighted by Gasteiger charge is 2.32. The quantitative estimate of drug-likeness (QED) is 0.852. The monoisotopic (exact) mass is 269 g/mol. The molecule has 0 aliphatic heterocycles. The number of rotatable bonds is 3. The molecule has 0 saturated heterocycles. The van der Waals surface area contributed by atoms with Crippen LogP contribution in [0.4, 0.5) is 5.69 Å². The van der Waals surface area contributed by atoms with Crippen LogP contribution in [0.25, 0.3) is 0 Å². The van der Waals surface area contributed by atoms with Crippen molar-refractivity contribution in [2.75, 3.05) is 12.8 Å². The van der Waals surface area contributed by atoms with E-state index in [4.69, 9.17) is 10.5 Å². The number of nitrogens with two attached hydrogens (primary N) is 1. The molecule has 1 aromatic rings. The Kier molecular flexibility index (Phi) is 3.92. The third kappa shape index (κ3) is 2.67. The van der Waals surface area contributed by atoms with Crippen LogP contribution in [-0.4, -0.2) is 26.9 Å². The lowest BCUT2D eigenvalue weighted by Gasteiger charge is -2.28. The topological polar surface area (TPSA) is 69.4 Å². The van der Waals surface area contributed by atoms with Crippen molar-refractivity contribution >= 4 is 15.5 Å². The van der Waals surface area contributed by atoms with E-state index >= 15 is 0 Å². The fourth-order valence-corrected chi connectivity index (χ4v) is 4.38. The summed E-state index contributed by atoms with van der Waals surface area (Å²) in [6, 6.07) is 6.52. The molecule has 1 aromatic carbocycles. The molecule has 5 heteroatoms. The number of benzene rings is 1. The zero-order valence-electron chi connectivity index (χ0n) is 10.5. The Balaban J connectivity index is 2.25. The van der Waals surface area contributed by atoms with E-state index in [9.17, 15) is 8.42 Å². The zero-order valence-corrected chi connectivity index (χ0v) is 11.3. The highest BCUT2D eigenvalue weighted by molar-refractivity contribution is 7.92. The molecule has 0 amide bonds. The Hall–Kier alpha value is -1.07. The largest absolute Gasteiger partial charge is 0.399 e. The van der Waals surface area contributed by atoms with Gasteiger partial charge in [-0.05, 0) is 43.9 Å². The number of anilines is 1. The summed E-state index contributed by atoms with van der Waals surface area (Å²) in [6.07, 6.45) is 3.18. The maximum Gasteiger partial charge on any atom is 0.181 e. The first-order valence-electron chi connectivity index (χ1n) is 6.16. The number of nitrogen functional groups attached to an aromatic ring is 1. The van der Waals surface area contributed by atoms with Gasteiger partial charge in [0, 0.05) is 12.8 Å². The van der Waals surface area contributed by atoms with E-state index in [1.807, 2.05) is 0 Å². The highest BCUT2D eigenvalue weighted by Crippen LogP contribution is 2.30. The second-order valence-electron chi connectivity index (χ2n) is 4.76. The molecule has 0 bridgehead atoms. The molecular weight excluding hydrogens is 250 g/mol. The van der Waals surface area contributed by atoms with E-state index in [0.717, 1.165) is 12.8 Å². The lowest BCUT2D eigenvalue weighted by Crippen LogP contribution is -2.31. The molecule has 100 valence electrons. The summed E-state index contributed by atoms with van der Waals surface area (Å²) in [7, 11) is -1.65. The molecule has 0 heterocycles. The maximum absolute atomic E-state index is 12.5. The van der Waals surface area contributed by atoms with Crippen molar-refractivity contribution in [3.05, 3.63) is 24.3 Å². The molecule has 2 rings (SSSR count). The van der Waals surface area contributed by atoms with E-state index in [-0.39, 0.29) is 11.4 Å². The minimum absolute atomic E-state index is 0.0552. The van der Waals surface area contributed by atoms with Crippen LogP contribution in [0.2, 0.25) is 0 Å². The van der Waals surface area contributed by atoms with Crippen LogP contribution in [0, 0.1) is 0 Å². The molecule has 2 N–H and O–H groups in total. The van der Waals surface area contributed by atoms with Gasteiger partial charge in [-0.15, -0.1) is 0 Å². The number of methoxy groups -OCH3 is 1. The molecule has 1 saturated carbocycles. The number of hydrogen-bond donors (Lipinski definition) is 1. The summed E-state index contributed by atoms with van der Waals surface area (Å²) < 4.78 is 30.3. The third-order valence-corrected chi connectivity index (χ3v) is 5.75. The van der Waals surface area contributed by atoms with E-state index in [2.05, 4.69) is 0 Å². The van der Waals surface area contributed by atoms with Gasteiger partial charge in [-0.2, -0.15) is 0 Å². The first kappa shape index (κ1) is 13.4. The Morgan fingerprint density at radius 1 is 1.33 bits per heavy atom. The summed E-state index contributed by atoms with van der Waals surface area (Å²) in [6.45, 7) is 0. The van der Waals surface area contributed by atoms with E-state index in [0.29, 0.717) is 23.4 Å². The Morgan fingerprint density at radius 3 is 2.78 bits per heavy atom. The zero-order chi connectivity index (χ0) is 13.2. The van der Waals surface area contributed by atoms with Crippen molar-refractivity contribution in [2.24, 2.45) is 0 Å². The summed E-state index contributed by atoms with van der Waals surface area (Å²) >= 11 is 0. The molecule has 0 radical (unpaired) electrons. The molecule has 0 aromatic heterocycles. The summed E-state index contributed by atoms with van der Waals surface area (Å²) in [5.41, 5.74) is 6.13. The Labute approximate surface area is 108 Å². The Morgan fingerprint density at radius 2 is 2.11 bits per heavy atom. The Bertz CT molecular complexity index is 513. The third-order valence-electron chi connectivity index (χ3n) is 3.54. The normalized spacial score (nSPS) is 24.9. The van der Waals surface area contributed by atoms with Crippen LogP contribution in [0.1, 0.15) is 25.7 Å². The van der Waals surface area contributed by atoms with Crippen molar-refractivity contribution in [3.8, 4) is 0 Å². The predicted molar refractivity (Wildman–Crippen MR) is 71.1 cm³/mol. The van der Waals surface area contributed by atoms with E-state index in [1.54, 1.807) is 25.3 Å². The van der Waals surface area contributed by atoms with Crippen LogP contribution < -0.4 is 5.73 Å². The molecule has 2 unspecified atom stereocenters. The van der Waals surface area contributed by atoms with Gasteiger partial charge in [0.25, 0.3) is 0 Å². The maximum atomic E-state index is 12.5. The van der Waals surface area contributed by atoms with Crippen LogP contribution in [0.3, 0.4) is 0 Å². The van der Waals surface area contributed by atoms with Gasteiger partial charge < -0.3 is 10.5 Å². The molecule has 1 aliphatic carbocycles. The molecule has 2 atom stereocenters. The fourth-order valence-electron chi connectivity index (χ4n) is 2.48. The predicted octanol–water partition coefficient (Wildman–Crippen LogP) is 2.00. The van der Waals surface area contributed by atoms with Gasteiger partial charge in [0.2, 0.25) is 0 Å². The van der Waals surface area contributed by atoms with Gasteiger partial charge in [-0.1, -0.05) is 6.07 Å². The van der Waals surface area contributed by atoms with Gasteiger partial charge in [0.1, 0.15) is 0 Å². The summed E-state index contributed by atoms with van der Waals surface area (Å²) in [4.78, 5) is 0.323. The smallest absolute Gasteiger partial charge is 0.181 e. The van der Waals surface area contributed by atoms with Crippen LogP contribution in [0.15, 0.2) is 29.2 Å². The minimum Gasteiger partial charge on any atom is -0.399 e. The van der Waals surface area contributed by atoms with Crippen molar-refractivity contribution < 1.29 is 13.2 Å². The lowest BCUT2D eigenvalue weighted by molar-refractivity contribution is 0.0720. The number of sulfone groups is 1. The van der Waals surface area contributed by atoms with Crippen molar-refractivity contribution in [1.29, 1.82) is 0 Å². The first-order chi connectivity index (χ1) is 8.54. The fraction of sp³-hybridized carbons (Fsp3) is 0.538. The van der Waals surface area contributed by atoms with Crippen molar-refractivity contribution in [2.45, 2.75) is 41.9 Å². The first-order valence-corrected chi connectivity index (χ1v) is 7.71. The molecule has 4 nitrogen and oxygen atoms in total. The average Bonchev–Trinajstić information content (AvgIpc) is 2.39. The van der Waals surface area contributed by atoms with Crippen molar-refractivity contribution in [3.63, 3.8) is 0 Å². The summed E-state index contributed by atoms with van der Waals surface area (Å²) in [5, 5.41) is -0.349. The van der Waals surface area contributed by atoms with E-state index < -0.39 is 9.84 Å². The summed E-state index contributed by atoms with van der Waals surface area (Å²) in [5.74, 6) is 0. The molecule has 1 fully saturated rings. The minimum atomic E-state index is -3.29. The molecule has 1 aliphatic rings. The van der Waals surface area contributed by atoms with Crippen LogP contribution in [-0.2, 0) is 14.6 Å². The highest BCUT2D eigenvalue weighted by atomic mass is 32.2. The van der Waals surface area contributed by atoms with Crippen molar-refractivity contribution in [1.82, 2.24) is 0 Å². The molecule has 0 spiro atoms. The SMILES string of the molecule is COC1CCCC(S(=O)(=O)c2cccc(N)c2)C1. The lowest BCUT2D eigenvalue weighted by atomic mass is 9.97. The molecule has 18 heavy (non-hydrogen) atoms. The van der Waals surface area contributed by atoms with Gasteiger partial charge >= 0.3 is 0 Å². The second-order valence-corrected chi connectivity index (χ2v) is 6.99. The average molecular weight is 269 g/mol. The van der Waals surface area contributed by atoms with Crippen LogP contribution in [0.5, 0.6) is 0 Å². The number of ether oxygens (including phenoxy) is 1. The van der Waals surface area contributed by atoms with Crippen LogP contribution >= 0.6 is 0 Å². The standard InChI is InChI=1S/C13H19NO3S/c1-17-11-5-3-7-13(9-11)18(15,16)12-6-2-4-10(14)8-12/h2,4,6,8,11,13H,3,5,7,9,14H2,1H3. The van der Waals surface area contributed by atoms with Gasteiger partial charge in [0.15, 0.2) is 9.84 Å². The second kappa shape index (κ2) is 5.28. The van der Waals surface area contributed by atoms with Gasteiger partial charge in [-0.25, -0.2) is 8.42 Å². The number of hydrogen-bond acceptors (Lipinski definition) is 4. The molecular formula is C13H19NO3S. The van der Waals surface area contributed by atoms with E-state index in [1.165, 1.54) is 6.07 Å². The van der Waals surface area contributed by atoms with Gasteiger partial charge in [0.05, 0.1) is 16.2 Å².